The van der Waals surface area contributed by atoms with Gasteiger partial charge in [-0.25, -0.2) is 21.9 Å². The Hall–Kier alpha value is -2.00. The van der Waals surface area contributed by atoms with Crippen molar-refractivity contribution in [1.29, 1.82) is 0 Å². The van der Waals surface area contributed by atoms with Gasteiger partial charge in [-0.1, -0.05) is 0 Å². The SMILES string of the molecule is CC(C)NC(=O)COC(=O)c1cc(S(=O)(=O)N(C)C)ccc1F. The number of ether oxygens (including phenoxy) is 1. The van der Waals surface area contributed by atoms with Crippen LogP contribution in [0.3, 0.4) is 0 Å². The first kappa shape index (κ1) is 19.0. The van der Waals surface area contributed by atoms with Gasteiger partial charge in [-0.15, -0.1) is 0 Å². The zero-order valence-electron chi connectivity index (χ0n) is 13.3. The number of sulfonamides is 1. The topological polar surface area (TPSA) is 92.8 Å². The van der Waals surface area contributed by atoms with Gasteiger partial charge in [0.25, 0.3) is 5.91 Å². The first-order chi connectivity index (χ1) is 10.6. The second-order valence-corrected chi connectivity index (χ2v) is 7.38. The van der Waals surface area contributed by atoms with E-state index in [0.717, 1.165) is 22.5 Å². The fraction of sp³-hybridized carbons (Fsp3) is 0.429. The van der Waals surface area contributed by atoms with E-state index < -0.39 is 39.9 Å². The van der Waals surface area contributed by atoms with E-state index in [1.54, 1.807) is 13.8 Å². The predicted octanol–water partition coefficient (Wildman–Crippen LogP) is 0.757. The van der Waals surface area contributed by atoms with Crippen molar-refractivity contribution < 1.29 is 27.1 Å². The Morgan fingerprint density at radius 3 is 2.43 bits per heavy atom. The molecule has 1 rings (SSSR count). The number of amides is 1. The lowest BCUT2D eigenvalue weighted by molar-refractivity contribution is -0.124. The summed E-state index contributed by atoms with van der Waals surface area (Å²) in [4.78, 5) is 23.0. The van der Waals surface area contributed by atoms with Crippen molar-refractivity contribution in [2.24, 2.45) is 0 Å². The highest BCUT2D eigenvalue weighted by Crippen LogP contribution is 2.18. The number of rotatable bonds is 6. The first-order valence-corrected chi connectivity index (χ1v) is 8.18. The van der Waals surface area contributed by atoms with Gasteiger partial charge in [-0.2, -0.15) is 0 Å². The Kier molecular flexibility index (Phi) is 6.22. The van der Waals surface area contributed by atoms with Crippen LogP contribution in [0.4, 0.5) is 4.39 Å². The fourth-order valence-corrected chi connectivity index (χ4v) is 2.53. The van der Waals surface area contributed by atoms with Crippen LogP contribution in [-0.2, 0) is 19.6 Å². The van der Waals surface area contributed by atoms with Gasteiger partial charge in [-0.05, 0) is 32.0 Å². The molecule has 1 aromatic rings. The molecule has 0 aromatic heterocycles. The molecule has 0 spiro atoms. The molecule has 1 amide bonds. The monoisotopic (exact) mass is 346 g/mol. The van der Waals surface area contributed by atoms with Crippen molar-refractivity contribution in [3.63, 3.8) is 0 Å². The van der Waals surface area contributed by atoms with Gasteiger partial charge in [-0.3, -0.25) is 4.79 Å². The van der Waals surface area contributed by atoms with Gasteiger partial charge in [0.05, 0.1) is 10.5 Å². The highest BCUT2D eigenvalue weighted by atomic mass is 32.2. The van der Waals surface area contributed by atoms with Gasteiger partial charge in [0.1, 0.15) is 5.82 Å². The third-order valence-electron chi connectivity index (χ3n) is 2.72. The second-order valence-electron chi connectivity index (χ2n) is 5.23. The van der Waals surface area contributed by atoms with E-state index in [0.29, 0.717) is 0 Å². The van der Waals surface area contributed by atoms with Gasteiger partial charge in [0, 0.05) is 20.1 Å². The van der Waals surface area contributed by atoms with Crippen LogP contribution >= 0.6 is 0 Å². The van der Waals surface area contributed by atoms with Crippen molar-refractivity contribution in [3.05, 3.63) is 29.6 Å². The summed E-state index contributed by atoms with van der Waals surface area (Å²) in [5.74, 6) is -2.58. The van der Waals surface area contributed by atoms with E-state index >= 15 is 0 Å². The number of carbonyl (C=O) groups excluding carboxylic acids is 2. The van der Waals surface area contributed by atoms with E-state index in [-0.39, 0.29) is 10.9 Å². The van der Waals surface area contributed by atoms with Crippen LogP contribution in [0.25, 0.3) is 0 Å². The second kappa shape index (κ2) is 7.51. The number of carbonyl (C=O) groups is 2. The van der Waals surface area contributed by atoms with Gasteiger partial charge >= 0.3 is 5.97 Å². The standard InChI is InChI=1S/C14H19FN2O5S/c1-9(2)16-13(18)8-22-14(19)11-7-10(5-6-12(11)15)23(20,21)17(3)4/h5-7,9H,8H2,1-4H3,(H,16,18). The molecule has 0 bridgehead atoms. The number of nitrogens with one attached hydrogen (secondary N) is 1. The Morgan fingerprint density at radius 2 is 1.91 bits per heavy atom. The van der Waals surface area contributed by atoms with Crippen LogP contribution < -0.4 is 5.32 Å². The molecule has 1 N–H and O–H groups in total. The number of esters is 1. The minimum atomic E-state index is -3.82. The third-order valence-corrected chi connectivity index (χ3v) is 4.53. The molecule has 23 heavy (non-hydrogen) atoms. The van der Waals surface area contributed by atoms with Gasteiger partial charge < -0.3 is 10.1 Å². The molecule has 0 atom stereocenters. The summed E-state index contributed by atoms with van der Waals surface area (Å²) in [5, 5.41) is 2.50. The summed E-state index contributed by atoms with van der Waals surface area (Å²) in [6.07, 6.45) is 0. The van der Waals surface area contributed by atoms with Crippen molar-refractivity contribution in [3.8, 4) is 0 Å². The normalized spacial score (nSPS) is 11.6. The van der Waals surface area contributed by atoms with E-state index in [9.17, 15) is 22.4 Å². The van der Waals surface area contributed by atoms with Crippen LogP contribution in [0.5, 0.6) is 0 Å². The molecule has 0 radical (unpaired) electrons. The highest BCUT2D eigenvalue weighted by Gasteiger charge is 2.22. The zero-order valence-corrected chi connectivity index (χ0v) is 14.1. The van der Waals surface area contributed by atoms with Crippen LogP contribution in [0.1, 0.15) is 24.2 Å². The molecule has 0 fully saturated rings. The Labute approximate surface area is 134 Å². The zero-order chi connectivity index (χ0) is 17.8. The lowest BCUT2D eigenvalue weighted by atomic mass is 10.2. The maximum Gasteiger partial charge on any atom is 0.341 e. The third kappa shape index (κ3) is 5.00. The van der Waals surface area contributed by atoms with Crippen molar-refractivity contribution >= 4 is 21.9 Å². The lowest BCUT2D eigenvalue weighted by Gasteiger charge is -2.13. The molecule has 128 valence electrons. The lowest BCUT2D eigenvalue weighted by Crippen LogP contribution is -2.34. The summed E-state index contributed by atoms with van der Waals surface area (Å²) < 4.78 is 43.4. The highest BCUT2D eigenvalue weighted by molar-refractivity contribution is 7.89. The number of benzene rings is 1. The average molecular weight is 346 g/mol. The summed E-state index contributed by atoms with van der Waals surface area (Å²) in [7, 11) is -1.19. The minimum absolute atomic E-state index is 0.133. The number of halogens is 1. The maximum absolute atomic E-state index is 13.7. The van der Waals surface area contributed by atoms with E-state index in [4.69, 9.17) is 4.74 Å². The molecule has 0 unspecified atom stereocenters. The van der Waals surface area contributed by atoms with E-state index in [1.165, 1.54) is 14.1 Å². The Morgan fingerprint density at radius 1 is 1.30 bits per heavy atom. The molecular formula is C14H19FN2O5S. The molecule has 0 saturated heterocycles. The summed E-state index contributed by atoms with van der Waals surface area (Å²) in [5.41, 5.74) is -0.551. The van der Waals surface area contributed by atoms with Gasteiger partial charge in [0.2, 0.25) is 10.0 Å². The molecule has 0 aliphatic carbocycles. The fourth-order valence-electron chi connectivity index (χ4n) is 1.60. The molecule has 0 aliphatic heterocycles. The summed E-state index contributed by atoms with van der Waals surface area (Å²) in [6.45, 7) is 2.88. The molecule has 9 heteroatoms. The van der Waals surface area contributed by atoms with Crippen molar-refractivity contribution in [1.82, 2.24) is 9.62 Å². The summed E-state index contributed by atoms with van der Waals surface area (Å²) in [6, 6.07) is 2.66. The minimum Gasteiger partial charge on any atom is -0.452 e. The molecule has 0 saturated carbocycles. The summed E-state index contributed by atoms with van der Waals surface area (Å²) >= 11 is 0. The van der Waals surface area contributed by atoms with E-state index in [1.807, 2.05) is 0 Å². The number of hydrogen-bond donors (Lipinski definition) is 1. The number of hydrogen-bond acceptors (Lipinski definition) is 5. The van der Waals surface area contributed by atoms with Crippen LogP contribution in [0.2, 0.25) is 0 Å². The van der Waals surface area contributed by atoms with Crippen molar-refractivity contribution in [2.45, 2.75) is 24.8 Å². The first-order valence-electron chi connectivity index (χ1n) is 6.74. The van der Waals surface area contributed by atoms with E-state index in [2.05, 4.69) is 5.32 Å². The smallest absolute Gasteiger partial charge is 0.341 e. The predicted molar refractivity (Wildman–Crippen MR) is 80.8 cm³/mol. The maximum atomic E-state index is 13.7. The molecular weight excluding hydrogens is 327 g/mol. The number of nitrogens with zero attached hydrogens (tertiary/aromatic N) is 1. The molecule has 0 aliphatic rings. The molecule has 0 heterocycles. The average Bonchev–Trinajstić information content (AvgIpc) is 2.44. The Balaban J connectivity index is 2.96. The van der Waals surface area contributed by atoms with Crippen molar-refractivity contribution in [2.75, 3.05) is 20.7 Å². The van der Waals surface area contributed by atoms with Crippen LogP contribution in [0.15, 0.2) is 23.1 Å². The Bertz CT molecular complexity index is 701. The van der Waals surface area contributed by atoms with Crippen LogP contribution in [0, 0.1) is 5.82 Å². The largest absolute Gasteiger partial charge is 0.452 e. The molecule has 7 nitrogen and oxygen atoms in total. The molecule has 1 aromatic carbocycles. The quantitative estimate of drug-likeness (QED) is 0.768. The van der Waals surface area contributed by atoms with Crippen LogP contribution in [-0.4, -0.2) is 51.3 Å². The van der Waals surface area contributed by atoms with Gasteiger partial charge in [0.15, 0.2) is 6.61 Å².